The molecule has 7 N–H and O–H groups in total. The number of thioether (sulfide) groups is 1. The first kappa shape index (κ1) is 20.6. The molecule has 7 atom stereocenters. The second-order valence-electron chi connectivity index (χ2n) is 7.20. The van der Waals surface area contributed by atoms with Gasteiger partial charge in [-0.05, 0) is 12.8 Å². The highest BCUT2D eigenvalue weighted by Crippen LogP contribution is 2.33. The van der Waals surface area contributed by atoms with E-state index in [4.69, 9.17) is 9.84 Å². The van der Waals surface area contributed by atoms with E-state index in [9.17, 15) is 19.8 Å². The normalized spacial score (nSPS) is 38.2. The highest BCUT2D eigenvalue weighted by atomic mass is 32.2. The van der Waals surface area contributed by atoms with Crippen LogP contribution in [0.4, 0.5) is 4.79 Å². The summed E-state index contributed by atoms with van der Waals surface area (Å²) in [5.74, 6) is 0.738. The second-order valence-corrected chi connectivity index (χ2v) is 8.47. The molecule has 0 radical (unpaired) electrons. The number of hydrogen-bond donors (Lipinski definition) is 7. The number of fused-ring (bicyclic) bond motifs is 1. The Bertz CT molecular complexity index is 541. The number of aliphatic hydroxyl groups excluding tert-OH is 3. The molecule has 0 aromatic heterocycles. The van der Waals surface area contributed by atoms with Crippen molar-refractivity contribution in [1.82, 2.24) is 21.5 Å². The predicted octanol–water partition coefficient (Wildman–Crippen LogP) is -1.84. The van der Waals surface area contributed by atoms with Gasteiger partial charge in [0.25, 0.3) is 0 Å². The zero-order valence-electron chi connectivity index (χ0n) is 15.0. The summed E-state index contributed by atoms with van der Waals surface area (Å²) < 4.78 is 5.38. The van der Waals surface area contributed by atoms with E-state index in [-0.39, 0.29) is 30.4 Å². The first-order valence-electron chi connectivity index (χ1n) is 9.33. The number of unbranched alkanes of at least 4 members (excludes halogenated alkanes) is 1. The largest absolute Gasteiger partial charge is 0.394 e. The number of amides is 3. The molecule has 0 aromatic carbocycles. The molecule has 11 heteroatoms. The van der Waals surface area contributed by atoms with Crippen LogP contribution >= 0.6 is 11.8 Å². The van der Waals surface area contributed by atoms with Crippen molar-refractivity contribution >= 4 is 23.7 Å². The summed E-state index contributed by atoms with van der Waals surface area (Å²) in [4.78, 5) is 23.3. The van der Waals surface area contributed by atoms with Crippen molar-refractivity contribution in [2.45, 2.75) is 74.0 Å². The Morgan fingerprint density at radius 3 is 2.89 bits per heavy atom. The van der Waals surface area contributed by atoms with Crippen LogP contribution in [0.25, 0.3) is 0 Å². The summed E-state index contributed by atoms with van der Waals surface area (Å²) in [6, 6.07) is 0.307. The van der Waals surface area contributed by atoms with Crippen LogP contribution in [0.1, 0.15) is 32.1 Å². The lowest BCUT2D eigenvalue weighted by molar-refractivity contribution is -0.190. The van der Waals surface area contributed by atoms with Crippen LogP contribution in [0, 0.1) is 0 Å². The molecular weight excluding hydrogens is 376 g/mol. The first-order chi connectivity index (χ1) is 13.0. The molecule has 3 heterocycles. The Morgan fingerprint density at radius 1 is 1.30 bits per heavy atom. The third kappa shape index (κ3) is 5.24. The number of carbonyl (C=O) groups excluding carboxylic acids is 2. The molecule has 3 rings (SSSR count). The lowest BCUT2D eigenvalue weighted by atomic mass is 10.0. The van der Waals surface area contributed by atoms with Crippen LogP contribution in [0.15, 0.2) is 0 Å². The monoisotopic (exact) mass is 404 g/mol. The third-order valence-electron chi connectivity index (χ3n) is 5.20. The molecule has 0 aromatic rings. The van der Waals surface area contributed by atoms with E-state index in [1.54, 1.807) is 0 Å². The van der Waals surface area contributed by atoms with Crippen molar-refractivity contribution in [3.63, 3.8) is 0 Å². The number of carbonyl (C=O) groups is 2. The Kier molecular flexibility index (Phi) is 7.17. The fourth-order valence-electron chi connectivity index (χ4n) is 3.70. The molecule has 3 aliphatic rings. The van der Waals surface area contributed by atoms with E-state index in [0.29, 0.717) is 11.7 Å². The van der Waals surface area contributed by atoms with Gasteiger partial charge >= 0.3 is 6.03 Å². The van der Waals surface area contributed by atoms with E-state index in [1.165, 1.54) is 0 Å². The van der Waals surface area contributed by atoms with Crippen molar-refractivity contribution in [1.29, 1.82) is 0 Å². The van der Waals surface area contributed by atoms with Crippen molar-refractivity contribution < 1.29 is 29.6 Å². The quantitative estimate of drug-likeness (QED) is 0.142. The van der Waals surface area contributed by atoms with E-state index >= 15 is 0 Å². The standard InChI is InChI=1S/C16H28N4O6S/c21-6-10-15(24)9(22)5-13(26-10)20-19-12(23)4-2-1-3-11-14-8(7-27-11)17-16(25)18-14/h8-11,13-15,20-22,24H,1-7H2,(H,19,23)(H2,17,18,25)/t8-,9+,10+,11-,13+,14-,15-/m0/s1. The molecule has 10 nitrogen and oxygen atoms in total. The number of nitrogens with one attached hydrogen (secondary N) is 4. The average molecular weight is 404 g/mol. The fraction of sp³-hybridized carbons (Fsp3) is 0.875. The minimum absolute atomic E-state index is 0.0910. The maximum Gasteiger partial charge on any atom is 0.315 e. The van der Waals surface area contributed by atoms with Gasteiger partial charge in [-0.15, -0.1) is 0 Å². The smallest absolute Gasteiger partial charge is 0.315 e. The second kappa shape index (κ2) is 9.39. The van der Waals surface area contributed by atoms with Crippen molar-refractivity contribution in [3.05, 3.63) is 0 Å². The van der Waals surface area contributed by atoms with Crippen molar-refractivity contribution in [2.24, 2.45) is 0 Å². The summed E-state index contributed by atoms with van der Waals surface area (Å²) in [7, 11) is 0. The predicted molar refractivity (Wildman–Crippen MR) is 97.6 cm³/mol. The fourth-order valence-corrected chi connectivity index (χ4v) is 5.24. The molecule has 3 fully saturated rings. The molecular formula is C16H28N4O6S. The molecule has 0 bridgehead atoms. The molecule has 154 valence electrons. The summed E-state index contributed by atoms with van der Waals surface area (Å²) in [6.45, 7) is -0.415. The summed E-state index contributed by atoms with van der Waals surface area (Å²) in [6.07, 6.45) is -0.695. The lowest BCUT2D eigenvalue weighted by Gasteiger charge is -2.36. The first-order valence-corrected chi connectivity index (χ1v) is 10.4. The lowest BCUT2D eigenvalue weighted by Crippen LogP contribution is -2.57. The van der Waals surface area contributed by atoms with Gasteiger partial charge in [-0.1, -0.05) is 6.42 Å². The number of rotatable bonds is 8. The summed E-state index contributed by atoms with van der Waals surface area (Å²) in [5.41, 5.74) is 5.23. The van der Waals surface area contributed by atoms with Gasteiger partial charge in [-0.3, -0.25) is 10.2 Å². The van der Waals surface area contributed by atoms with Gasteiger partial charge in [-0.25, -0.2) is 10.2 Å². The van der Waals surface area contributed by atoms with Gasteiger partial charge in [0.15, 0.2) is 0 Å². The Balaban J connectivity index is 1.28. The molecule has 0 spiro atoms. The van der Waals surface area contributed by atoms with Gasteiger partial charge in [0.05, 0.1) is 24.8 Å². The zero-order valence-corrected chi connectivity index (χ0v) is 15.8. The molecule has 27 heavy (non-hydrogen) atoms. The van der Waals surface area contributed by atoms with Crippen LogP contribution in [0.2, 0.25) is 0 Å². The molecule has 0 unspecified atom stereocenters. The van der Waals surface area contributed by atoms with Gasteiger partial charge in [0.2, 0.25) is 5.91 Å². The van der Waals surface area contributed by atoms with E-state index in [2.05, 4.69) is 21.5 Å². The average Bonchev–Trinajstić information content (AvgIpc) is 3.19. The van der Waals surface area contributed by atoms with Crippen LogP contribution < -0.4 is 21.5 Å². The molecule has 0 saturated carbocycles. The van der Waals surface area contributed by atoms with Crippen LogP contribution in [0.3, 0.4) is 0 Å². The molecule has 0 aliphatic carbocycles. The molecule has 3 saturated heterocycles. The topological polar surface area (TPSA) is 152 Å². The maximum absolute atomic E-state index is 11.9. The number of ether oxygens (including phenoxy) is 1. The van der Waals surface area contributed by atoms with Crippen LogP contribution in [0.5, 0.6) is 0 Å². The SMILES string of the molecule is O=C(CCCC[C@@H]1SC[C@@H]2NC(=O)N[C@@H]21)NN[C@H]1C[C@@H](O)[C@H](O)[C@@H](CO)O1. The Morgan fingerprint density at radius 2 is 2.11 bits per heavy atom. The summed E-state index contributed by atoms with van der Waals surface area (Å²) >= 11 is 1.86. The van der Waals surface area contributed by atoms with Gasteiger partial charge < -0.3 is 30.7 Å². The number of hydrazine groups is 1. The maximum atomic E-state index is 11.9. The van der Waals surface area contributed by atoms with E-state index in [1.807, 2.05) is 11.8 Å². The van der Waals surface area contributed by atoms with Crippen LogP contribution in [-0.4, -0.2) is 81.5 Å². The van der Waals surface area contributed by atoms with Crippen molar-refractivity contribution in [2.75, 3.05) is 12.4 Å². The molecule has 3 aliphatic heterocycles. The van der Waals surface area contributed by atoms with Gasteiger partial charge in [-0.2, -0.15) is 11.8 Å². The molecule has 3 amide bonds. The highest BCUT2D eigenvalue weighted by Gasteiger charge is 2.42. The Hall–Kier alpha value is -1.11. The highest BCUT2D eigenvalue weighted by molar-refractivity contribution is 8.00. The summed E-state index contributed by atoms with van der Waals surface area (Å²) in [5, 5.41) is 34.8. The van der Waals surface area contributed by atoms with E-state index < -0.39 is 31.1 Å². The van der Waals surface area contributed by atoms with E-state index in [0.717, 1.165) is 25.0 Å². The van der Waals surface area contributed by atoms with Gasteiger partial charge in [0, 0.05) is 23.8 Å². The van der Waals surface area contributed by atoms with Crippen LogP contribution in [-0.2, 0) is 9.53 Å². The Labute approximate surface area is 161 Å². The number of aliphatic hydroxyl groups is 3. The zero-order chi connectivity index (χ0) is 19.4. The minimum Gasteiger partial charge on any atom is -0.394 e. The number of urea groups is 1. The van der Waals surface area contributed by atoms with Crippen molar-refractivity contribution in [3.8, 4) is 0 Å². The minimum atomic E-state index is -1.14. The van der Waals surface area contributed by atoms with Gasteiger partial charge in [0.1, 0.15) is 18.4 Å². The number of hydrogen-bond acceptors (Lipinski definition) is 8. The third-order valence-corrected chi connectivity index (χ3v) is 6.71.